The number of oxime groups is 1. The molecule has 0 unspecified atom stereocenters. The molecular formula is C7H8N4OS. The normalized spacial score (nSPS) is 12.5. The van der Waals surface area contributed by atoms with Gasteiger partial charge in [0, 0.05) is 18.1 Å². The zero-order valence-corrected chi connectivity index (χ0v) is 7.75. The van der Waals surface area contributed by atoms with Crippen molar-refractivity contribution in [2.24, 2.45) is 10.9 Å². The highest BCUT2D eigenvalue weighted by Crippen LogP contribution is 2.20. The summed E-state index contributed by atoms with van der Waals surface area (Å²) in [5.74, 6) is 0.132. The Morgan fingerprint density at radius 3 is 3.15 bits per heavy atom. The number of nitrogens with zero attached hydrogens (tertiary/aromatic N) is 3. The second-order valence-corrected chi connectivity index (χ2v) is 3.56. The summed E-state index contributed by atoms with van der Waals surface area (Å²) in [7, 11) is 0. The van der Waals surface area contributed by atoms with Gasteiger partial charge in [-0.25, -0.2) is 4.98 Å². The first-order valence-corrected chi connectivity index (χ1v) is 4.46. The number of hydrogen-bond acceptors (Lipinski definition) is 4. The fourth-order valence-electron chi connectivity index (χ4n) is 1.18. The average Bonchev–Trinajstić information content (AvgIpc) is 2.68. The number of nitrogens with two attached hydrogens (primary N) is 1. The van der Waals surface area contributed by atoms with Crippen LogP contribution in [0.1, 0.15) is 10.6 Å². The van der Waals surface area contributed by atoms with Crippen LogP contribution in [0.3, 0.4) is 0 Å². The molecule has 0 aromatic carbocycles. The Bertz CT molecular complexity index is 470. The van der Waals surface area contributed by atoms with Crippen molar-refractivity contribution in [3.8, 4) is 0 Å². The number of thiazole rings is 1. The third kappa shape index (κ3) is 1.06. The van der Waals surface area contributed by atoms with Gasteiger partial charge < -0.3 is 10.9 Å². The minimum atomic E-state index is 0.132. The summed E-state index contributed by atoms with van der Waals surface area (Å²) in [6, 6.07) is 0. The summed E-state index contributed by atoms with van der Waals surface area (Å²) in [6.45, 7) is 1.90. The van der Waals surface area contributed by atoms with Crippen LogP contribution in [0.4, 0.5) is 0 Å². The minimum Gasteiger partial charge on any atom is -0.409 e. The van der Waals surface area contributed by atoms with Gasteiger partial charge in [0.05, 0.1) is 4.88 Å². The summed E-state index contributed by atoms with van der Waals surface area (Å²) in [4.78, 5) is 5.71. The molecule has 2 aromatic heterocycles. The van der Waals surface area contributed by atoms with Crippen molar-refractivity contribution in [2.45, 2.75) is 6.92 Å². The molecule has 2 heterocycles. The Balaban J connectivity index is 2.71. The molecule has 68 valence electrons. The first-order valence-electron chi connectivity index (χ1n) is 3.64. The van der Waals surface area contributed by atoms with E-state index in [0.29, 0.717) is 0 Å². The zero-order chi connectivity index (χ0) is 9.42. The van der Waals surface area contributed by atoms with Gasteiger partial charge in [-0.2, -0.15) is 0 Å². The summed E-state index contributed by atoms with van der Waals surface area (Å²) < 4.78 is 1.90. The number of amidine groups is 1. The predicted octanol–water partition coefficient (Wildman–Crippen LogP) is 0.799. The summed E-state index contributed by atoms with van der Waals surface area (Å²) in [5, 5.41) is 11.5. The van der Waals surface area contributed by atoms with Crippen LogP contribution in [0.15, 0.2) is 17.5 Å². The molecule has 0 aliphatic rings. The van der Waals surface area contributed by atoms with Crippen LogP contribution in [-0.4, -0.2) is 20.4 Å². The second kappa shape index (κ2) is 2.74. The third-order valence-corrected chi connectivity index (χ3v) is 3.02. The Morgan fingerprint density at radius 2 is 2.54 bits per heavy atom. The van der Waals surface area contributed by atoms with E-state index in [-0.39, 0.29) is 5.84 Å². The molecular weight excluding hydrogens is 188 g/mol. The molecule has 0 radical (unpaired) electrons. The van der Waals surface area contributed by atoms with Crippen molar-refractivity contribution in [3.05, 3.63) is 23.0 Å². The molecule has 0 saturated carbocycles. The van der Waals surface area contributed by atoms with Gasteiger partial charge in [0.2, 0.25) is 0 Å². The van der Waals surface area contributed by atoms with Crippen molar-refractivity contribution >= 4 is 22.1 Å². The quantitative estimate of drug-likeness (QED) is 0.306. The van der Waals surface area contributed by atoms with Gasteiger partial charge in [-0.15, -0.1) is 0 Å². The van der Waals surface area contributed by atoms with E-state index in [1.54, 1.807) is 6.20 Å². The molecule has 0 fully saturated rings. The maximum Gasteiger partial charge on any atom is 0.194 e. The third-order valence-electron chi connectivity index (χ3n) is 1.83. The van der Waals surface area contributed by atoms with Gasteiger partial charge in [-0.1, -0.05) is 16.5 Å². The smallest absolute Gasteiger partial charge is 0.194 e. The average molecular weight is 196 g/mol. The standard InChI is InChI=1S/C7H8N4OS/c1-4-5(6(8)10-12)13-7-9-2-3-11(4)7/h2-3,12H,1H3,(H2,8,10). The molecule has 0 aliphatic carbocycles. The highest BCUT2D eigenvalue weighted by atomic mass is 32.1. The molecule has 6 heteroatoms. The fourth-order valence-corrected chi connectivity index (χ4v) is 2.16. The second-order valence-electron chi connectivity index (χ2n) is 2.58. The first-order chi connectivity index (χ1) is 6.24. The van der Waals surface area contributed by atoms with Crippen LogP contribution in [0, 0.1) is 6.92 Å². The Kier molecular flexibility index (Phi) is 1.70. The number of hydrogen-bond donors (Lipinski definition) is 2. The summed E-state index contributed by atoms with van der Waals surface area (Å²) >= 11 is 1.40. The Hall–Kier alpha value is -1.56. The van der Waals surface area contributed by atoms with E-state index in [4.69, 9.17) is 10.9 Å². The van der Waals surface area contributed by atoms with E-state index >= 15 is 0 Å². The number of aromatic nitrogens is 2. The minimum absolute atomic E-state index is 0.132. The molecule has 0 amide bonds. The molecule has 0 atom stereocenters. The van der Waals surface area contributed by atoms with Gasteiger partial charge in [0.15, 0.2) is 10.8 Å². The maximum atomic E-state index is 8.52. The molecule has 2 aromatic rings. The van der Waals surface area contributed by atoms with E-state index in [2.05, 4.69) is 10.1 Å². The van der Waals surface area contributed by atoms with Crippen molar-refractivity contribution in [1.29, 1.82) is 0 Å². The van der Waals surface area contributed by atoms with Crippen LogP contribution in [0.2, 0.25) is 0 Å². The highest BCUT2D eigenvalue weighted by Gasteiger charge is 2.11. The van der Waals surface area contributed by atoms with E-state index in [1.165, 1.54) is 11.3 Å². The Morgan fingerprint density at radius 1 is 1.77 bits per heavy atom. The lowest BCUT2D eigenvalue weighted by Crippen LogP contribution is -2.12. The van der Waals surface area contributed by atoms with E-state index in [0.717, 1.165) is 15.5 Å². The van der Waals surface area contributed by atoms with Gasteiger partial charge in [-0.3, -0.25) is 4.40 Å². The topological polar surface area (TPSA) is 75.9 Å². The molecule has 3 N–H and O–H groups in total. The summed E-state index contributed by atoms with van der Waals surface area (Å²) in [6.07, 6.45) is 3.56. The number of rotatable bonds is 1. The van der Waals surface area contributed by atoms with E-state index in [9.17, 15) is 0 Å². The van der Waals surface area contributed by atoms with E-state index in [1.807, 2.05) is 17.5 Å². The largest absolute Gasteiger partial charge is 0.409 e. The first kappa shape index (κ1) is 8.06. The van der Waals surface area contributed by atoms with Crippen molar-refractivity contribution < 1.29 is 5.21 Å². The Labute approximate surface area is 78.1 Å². The number of imidazole rings is 1. The van der Waals surface area contributed by atoms with Crippen LogP contribution >= 0.6 is 11.3 Å². The highest BCUT2D eigenvalue weighted by molar-refractivity contribution is 7.19. The van der Waals surface area contributed by atoms with Gasteiger partial charge >= 0.3 is 0 Å². The number of fused-ring (bicyclic) bond motifs is 1. The molecule has 0 saturated heterocycles. The van der Waals surface area contributed by atoms with Crippen LogP contribution in [0.5, 0.6) is 0 Å². The van der Waals surface area contributed by atoms with Gasteiger partial charge in [-0.05, 0) is 6.92 Å². The van der Waals surface area contributed by atoms with Crippen LogP contribution < -0.4 is 5.73 Å². The van der Waals surface area contributed by atoms with E-state index < -0.39 is 0 Å². The molecule has 13 heavy (non-hydrogen) atoms. The number of aryl methyl sites for hydroxylation is 1. The molecule has 5 nitrogen and oxygen atoms in total. The SMILES string of the molecule is Cc1c(/C(N)=N\O)sc2nccn12. The lowest BCUT2D eigenvalue weighted by molar-refractivity contribution is 0.318. The molecule has 2 rings (SSSR count). The predicted molar refractivity (Wildman–Crippen MR) is 50.3 cm³/mol. The zero-order valence-electron chi connectivity index (χ0n) is 6.93. The molecule has 0 aliphatic heterocycles. The monoisotopic (exact) mass is 196 g/mol. The lowest BCUT2D eigenvalue weighted by Gasteiger charge is -1.94. The van der Waals surface area contributed by atoms with Crippen molar-refractivity contribution in [3.63, 3.8) is 0 Å². The molecule has 0 bridgehead atoms. The fraction of sp³-hybridized carbons (Fsp3) is 0.143. The summed E-state index contributed by atoms with van der Waals surface area (Å²) in [5.41, 5.74) is 6.43. The van der Waals surface area contributed by atoms with Gasteiger partial charge in [0.25, 0.3) is 0 Å². The van der Waals surface area contributed by atoms with Crippen LogP contribution in [0.25, 0.3) is 4.96 Å². The van der Waals surface area contributed by atoms with Crippen molar-refractivity contribution in [2.75, 3.05) is 0 Å². The lowest BCUT2D eigenvalue weighted by atomic mass is 10.4. The van der Waals surface area contributed by atoms with Crippen molar-refractivity contribution in [1.82, 2.24) is 9.38 Å². The molecule has 0 spiro atoms. The van der Waals surface area contributed by atoms with Crippen LogP contribution in [-0.2, 0) is 0 Å². The maximum absolute atomic E-state index is 8.52. The van der Waals surface area contributed by atoms with Gasteiger partial charge in [0.1, 0.15) is 0 Å².